The zero-order valence-electron chi connectivity index (χ0n) is 19.0. The number of carbonyl (C=O) groups is 2. The number of aliphatic hydroxyl groups excluding tert-OH is 1. The van der Waals surface area contributed by atoms with Gasteiger partial charge in [-0.15, -0.1) is 0 Å². The number of piperidine rings is 1. The quantitative estimate of drug-likeness (QED) is 0.471. The van der Waals surface area contributed by atoms with Gasteiger partial charge in [0.05, 0.1) is 28.7 Å². The van der Waals surface area contributed by atoms with E-state index in [0.29, 0.717) is 36.6 Å². The van der Waals surface area contributed by atoms with Gasteiger partial charge < -0.3 is 20.3 Å². The van der Waals surface area contributed by atoms with Crippen LogP contribution >= 0.6 is 11.6 Å². The number of para-hydroxylation sites is 1. The van der Waals surface area contributed by atoms with Crippen molar-refractivity contribution >= 4 is 34.3 Å². The number of fused-ring (bicyclic) bond motifs is 1. The largest absolute Gasteiger partial charge is 0.376 e. The molecule has 1 spiro atoms. The number of aromatic nitrogens is 1. The number of hydrogen-bond acceptors (Lipinski definition) is 5. The third-order valence-electron chi connectivity index (χ3n) is 7.87. The highest BCUT2D eigenvalue weighted by molar-refractivity contribution is 6.35. The first-order valence-corrected chi connectivity index (χ1v) is 12.5. The topological polar surface area (TPSA) is 121 Å². The molecule has 9 heteroatoms. The van der Waals surface area contributed by atoms with E-state index in [9.17, 15) is 20.0 Å². The zero-order chi connectivity index (χ0) is 23.9. The minimum absolute atomic E-state index is 0.0258. The smallest absolute Gasteiger partial charge is 0.270 e. The third-order valence-corrected chi connectivity index (χ3v) is 8.19. The number of H-pyrrole nitrogens is 1. The van der Waals surface area contributed by atoms with Crippen LogP contribution in [0.4, 0.5) is 0 Å². The Morgan fingerprint density at radius 3 is 2.88 bits per heavy atom. The van der Waals surface area contributed by atoms with Crippen LogP contribution in [-0.2, 0) is 4.79 Å². The Kier molecular flexibility index (Phi) is 6.28. The lowest BCUT2D eigenvalue weighted by Crippen LogP contribution is -2.52. The summed E-state index contributed by atoms with van der Waals surface area (Å²) in [5, 5.41) is 28.1. The first-order chi connectivity index (χ1) is 16.4. The molecular formula is C25H30ClN5O3. The maximum Gasteiger partial charge on any atom is 0.270 e. The molecule has 2 aliphatic heterocycles. The van der Waals surface area contributed by atoms with Crippen LogP contribution in [-0.4, -0.2) is 58.2 Å². The lowest BCUT2D eigenvalue weighted by Gasteiger charge is -2.37. The second-order valence-electron chi connectivity index (χ2n) is 10.1. The highest BCUT2D eigenvalue weighted by Crippen LogP contribution is 2.51. The standard InChI is InChI=1S/C25H30ClN5O3/c26-18-6-1-4-15-11-19(30-21(15)18)24(34)31-14-25(7-3-8-25)12-20(31)23(33)29-17(13-27)10-16-5-2-9-28-22(16)32/h1,4,6,11,16-17,20,23,29-30,33H,2-3,5,7-10,12,14H2,(H,28,32). The summed E-state index contributed by atoms with van der Waals surface area (Å²) in [7, 11) is 0. The van der Waals surface area contributed by atoms with Gasteiger partial charge in [0, 0.05) is 24.4 Å². The number of aromatic amines is 1. The van der Waals surface area contributed by atoms with Crippen LogP contribution in [0.5, 0.6) is 0 Å². The van der Waals surface area contributed by atoms with Gasteiger partial charge in [-0.1, -0.05) is 30.2 Å². The number of halogens is 1. The van der Waals surface area contributed by atoms with E-state index in [4.69, 9.17) is 11.6 Å². The molecule has 1 aliphatic carbocycles. The number of benzene rings is 1. The highest BCUT2D eigenvalue weighted by atomic mass is 35.5. The second kappa shape index (κ2) is 9.21. The highest BCUT2D eigenvalue weighted by Gasteiger charge is 2.51. The average Bonchev–Trinajstić information content (AvgIpc) is 3.43. The summed E-state index contributed by atoms with van der Waals surface area (Å²) in [6, 6.07) is 8.39. The van der Waals surface area contributed by atoms with Gasteiger partial charge in [0.25, 0.3) is 5.91 Å². The Hall–Kier alpha value is -2.60. The summed E-state index contributed by atoms with van der Waals surface area (Å²) in [4.78, 5) is 30.6. The zero-order valence-corrected chi connectivity index (χ0v) is 19.8. The second-order valence-corrected chi connectivity index (χ2v) is 10.5. The molecule has 5 rings (SSSR count). The third kappa shape index (κ3) is 4.28. The molecule has 2 aromatic rings. The summed E-state index contributed by atoms with van der Waals surface area (Å²) in [6.07, 6.45) is 4.78. The molecule has 34 heavy (non-hydrogen) atoms. The van der Waals surface area contributed by atoms with Crippen molar-refractivity contribution in [3.8, 4) is 6.07 Å². The fraction of sp³-hybridized carbons (Fsp3) is 0.560. The van der Waals surface area contributed by atoms with Gasteiger partial charge in [0.1, 0.15) is 11.9 Å². The molecule has 8 nitrogen and oxygen atoms in total. The molecule has 1 aromatic carbocycles. The van der Waals surface area contributed by atoms with Gasteiger partial charge in [-0.05, 0) is 56.1 Å². The van der Waals surface area contributed by atoms with Crippen molar-refractivity contribution in [2.45, 2.75) is 63.3 Å². The van der Waals surface area contributed by atoms with E-state index in [0.717, 1.165) is 43.0 Å². The van der Waals surface area contributed by atoms with E-state index in [1.54, 1.807) is 17.0 Å². The molecule has 180 valence electrons. The molecular weight excluding hydrogens is 454 g/mol. The monoisotopic (exact) mass is 483 g/mol. The number of aliphatic hydroxyl groups is 1. The van der Waals surface area contributed by atoms with Gasteiger partial charge in [0.2, 0.25) is 5.91 Å². The SMILES string of the molecule is N#CC(CC1CCCNC1=O)NC(O)C1CC2(CCC2)CN1C(=O)c1cc2cccc(Cl)c2[nH]1. The molecule has 4 unspecified atom stereocenters. The Balaban J connectivity index is 1.34. The van der Waals surface area contributed by atoms with E-state index in [1.165, 1.54) is 0 Å². The predicted octanol–water partition coefficient (Wildman–Crippen LogP) is 2.92. The Bertz CT molecular complexity index is 1140. The molecule has 2 saturated heterocycles. The van der Waals surface area contributed by atoms with E-state index >= 15 is 0 Å². The summed E-state index contributed by atoms with van der Waals surface area (Å²) in [6.45, 7) is 1.25. The normalized spacial score (nSPS) is 25.6. The number of amides is 2. The van der Waals surface area contributed by atoms with Crippen LogP contribution in [0.2, 0.25) is 5.02 Å². The molecule has 0 radical (unpaired) electrons. The molecule has 3 fully saturated rings. The number of nitrogens with zero attached hydrogens (tertiary/aromatic N) is 2. The lowest BCUT2D eigenvalue weighted by atomic mass is 9.67. The maximum atomic E-state index is 13.6. The minimum Gasteiger partial charge on any atom is -0.376 e. The van der Waals surface area contributed by atoms with Gasteiger partial charge in [-0.2, -0.15) is 5.26 Å². The van der Waals surface area contributed by atoms with Gasteiger partial charge >= 0.3 is 0 Å². The number of rotatable bonds is 6. The van der Waals surface area contributed by atoms with E-state index in [-0.39, 0.29) is 23.1 Å². The van der Waals surface area contributed by atoms with Gasteiger partial charge in [-0.25, -0.2) is 0 Å². The molecule has 3 aliphatic rings. The van der Waals surface area contributed by atoms with Crippen molar-refractivity contribution in [3.63, 3.8) is 0 Å². The molecule has 2 amide bonds. The average molecular weight is 484 g/mol. The van der Waals surface area contributed by atoms with Crippen molar-refractivity contribution in [2.75, 3.05) is 13.1 Å². The predicted molar refractivity (Wildman–Crippen MR) is 128 cm³/mol. The summed E-state index contributed by atoms with van der Waals surface area (Å²) < 4.78 is 0. The van der Waals surface area contributed by atoms with Crippen molar-refractivity contribution in [3.05, 3.63) is 35.0 Å². The first-order valence-electron chi connectivity index (χ1n) is 12.1. The summed E-state index contributed by atoms with van der Waals surface area (Å²) in [5.74, 6) is -0.457. The summed E-state index contributed by atoms with van der Waals surface area (Å²) >= 11 is 6.29. The molecule has 4 N–H and O–H groups in total. The molecule has 4 atom stereocenters. The van der Waals surface area contributed by atoms with Gasteiger partial charge in [0.15, 0.2) is 0 Å². The molecule has 1 saturated carbocycles. The first kappa shape index (κ1) is 23.2. The molecule has 3 heterocycles. The number of nitrogens with one attached hydrogen (secondary N) is 3. The Labute approximate surface area is 203 Å². The van der Waals surface area contributed by atoms with E-state index in [1.807, 2.05) is 12.1 Å². The van der Waals surface area contributed by atoms with Crippen molar-refractivity contribution in [1.29, 1.82) is 5.26 Å². The number of likely N-dealkylation sites (tertiary alicyclic amines) is 1. The maximum absolute atomic E-state index is 13.6. The number of hydrogen-bond donors (Lipinski definition) is 4. The fourth-order valence-corrected chi connectivity index (χ4v) is 6.08. The van der Waals surface area contributed by atoms with Crippen LogP contribution in [0, 0.1) is 22.7 Å². The Morgan fingerprint density at radius 2 is 2.21 bits per heavy atom. The van der Waals surface area contributed by atoms with Crippen LogP contribution in [0.25, 0.3) is 10.9 Å². The van der Waals surface area contributed by atoms with Crippen LogP contribution in [0.15, 0.2) is 24.3 Å². The van der Waals surface area contributed by atoms with Crippen molar-refractivity contribution in [2.24, 2.45) is 11.3 Å². The minimum atomic E-state index is -1.06. The van der Waals surface area contributed by atoms with Crippen molar-refractivity contribution < 1.29 is 14.7 Å². The summed E-state index contributed by atoms with van der Waals surface area (Å²) in [5.41, 5.74) is 1.18. The molecule has 0 bridgehead atoms. The number of carbonyl (C=O) groups excluding carboxylic acids is 2. The van der Waals surface area contributed by atoms with Crippen molar-refractivity contribution in [1.82, 2.24) is 20.5 Å². The van der Waals surface area contributed by atoms with Crippen LogP contribution in [0.3, 0.4) is 0 Å². The van der Waals surface area contributed by atoms with Crippen LogP contribution < -0.4 is 10.6 Å². The van der Waals surface area contributed by atoms with Gasteiger partial charge in [-0.3, -0.25) is 14.9 Å². The molecule has 1 aromatic heterocycles. The van der Waals surface area contributed by atoms with Crippen LogP contribution in [0.1, 0.15) is 55.4 Å². The fourth-order valence-electron chi connectivity index (χ4n) is 5.85. The number of nitriles is 1. The lowest BCUT2D eigenvalue weighted by molar-refractivity contribution is -0.127. The Morgan fingerprint density at radius 1 is 1.38 bits per heavy atom. The van der Waals surface area contributed by atoms with E-state index < -0.39 is 18.3 Å². The van der Waals surface area contributed by atoms with E-state index in [2.05, 4.69) is 21.7 Å².